The van der Waals surface area contributed by atoms with E-state index >= 15 is 0 Å². The highest BCUT2D eigenvalue weighted by Gasteiger charge is 2.15. The Labute approximate surface area is 198 Å². The molecule has 2 aromatic rings. The average Bonchev–Trinajstić information content (AvgIpc) is 2.76. The van der Waals surface area contributed by atoms with Crippen molar-refractivity contribution in [2.24, 2.45) is 0 Å². The van der Waals surface area contributed by atoms with Gasteiger partial charge in [-0.25, -0.2) is 14.4 Å². The molecule has 1 aromatic heterocycles. The van der Waals surface area contributed by atoms with E-state index in [9.17, 15) is 19.5 Å². The largest absolute Gasteiger partial charge is 0.462 e. The smallest absolute Gasteiger partial charge is 0.339 e. The van der Waals surface area contributed by atoms with Gasteiger partial charge in [0.2, 0.25) is 0 Å². The fourth-order valence-corrected chi connectivity index (χ4v) is 2.91. The van der Waals surface area contributed by atoms with Crippen molar-refractivity contribution in [3.8, 4) is 5.75 Å². The van der Waals surface area contributed by atoms with Crippen LogP contribution in [-0.2, 0) is 31.9 Å². The summed E-state index contributed by atoms with van der Waals surface area (Å²) in [4.78, 5) is 36.2. The molecule has 0 aliphatic rings. The Morgan fingerprint density at radius 1 is 0.971 bits per heavy atom. The first-order chi connectivity index (χ1) is 16.0. The molecule has 0 saturated carbocycles. The van der Waals surface area contributed by atoms with Gasteiger partial charge in [-0.2, -0.15) is 0 Å². The van der Waals surface area contributed by atoms with Crippen LogP contribution in [0.3, 0.4) is 0 Å². The summed E-state index contributed by atoms with van der Waals surface area (Å²) in [6, 6.07) is 4.84. The van der Waals surface area contributed by atoms with Gasteiger partial charge in [0.05, 0.1) is 13.2 Å². The van der Waals surface area contributed by atoms with Gasteiger partial charge in [0.25, 0.3) is 0 Å². The van der Waals surface area contributed by atoms with E-state index in [-0.39, 0.29) is 31.0 Å². The van der Waals surface area contributed by atoms with Crippen LogP contribution >= 0.6 is 0 Å². The third-order valence-electron chi connectivity index (χ3n) is 4.75. The second kappa shape index (κ2) is 12.1. The number of hydrogen-bond donors (Lipinski definition) is 1. The Balaban J connectivity index is 2.31. The van der Waals surface area contributed by atoms with E-state index < -0.39 is 23.9 Å². The van der Waals surface area contributed by atoms with Crippen LogP contribution in [0.2, 0.25) is 0 Å². The minimum absolute atomic E-state index is 0.0789. The summed E-state index contributed by atoms with van der Waals surface area (Å²) < 4.78 is 21.3. The molecule has 1 atom stereocenters. The van der Waals surface area contributed by atoms with Gasteiger partial charge in [-0.15, -0.1) is 0 Å². The molecule has 1 aromatic carbocycles. The fraction of sp³-hybridized carbons (Fsp3) is 0.346. The molecule has 0 radical (unpaired) electrons. The van der Waals surface area contributed by atoms with E-state index in [1.807, 2.05) is 0 Å². The summed E-state index contributed by atoms with van der Waals surface area (Å²) in [6.45, 7) is 15.7. The molecule has 0 saturated heterocycles. The van der Waals surface area contributed by atoms with Gasteiger partial charge >= 0.3 is 17.6 Å². The minimum atomic E-state index is -1.12. The predicted molar refractivity (Wildman–Crippen MR) is 128 cm³/mol. The lowest BCUT2D eigenvalue weighted by Crippen LogP contribution is -2.17. The highest BCUT2D eigenvalue weighted by atomic mass is 16.6. The Kier molecular flexibility index (Phi) is 9.53. The molecule has 8 heteroatoms. The number of benzene rings is 1. The van der Waals surface area contributed by atoms with Crippen LogP contribution in [0.4, 0.5) is 0 Å². The number of hydrogen-bond acceptors (Lipinski definition) is 8. The van der Waals surface area contributed by atoms with Crippen molar-refractivity contribution in [3.05, 3.63) is 76.2 Å². The van der Waals surface area contributed by atoms with Crippen molar-refractivity contribution in [2.75, 3.05) is 13.2 Å². The Hall–Kier alpha value is -3.49. The van der Waals surface area contributed by atoms with E-state index in [4.69, 9.17) is 18.6 Å². The predicted octanol–water partition coefficient (Wildman–Crippen LogP) is 3.78. The van der Waals surface area contributed by atoms with Crippen LogP contribution in [0.25, 0.3) is 11.0 Å². The molecule has 2 rings (SSSR count). The summed E-state index contributed by atoms with van der Waals surface area (Å²) in [6.07, 6.45) is -0.0743. The maximum Gasteiger partial charge on any atom is 0.339 e. The maximum atomic E-state index is 12.6. The van der Waals surface area contributed by atoms with Crippen LogP contribution in [0.1, 0.15) is 38.3 Å². The van der Waals surface area contributed by atoms with Gasteiger partial charge < -0.3 is 23.7 Å². The number of carbonyl (C=O) groups is 2. The molecule has 1 unspecified atom stereocenters. The summed E-state index contributed by atoms with van der Waals surface area (Å²) >= 11 is 0. The first-order valence-corrected chi connectivity index (χ1v) is 10.7. The van der Waals surface area contributed by atoms with E-state index in [0.29, 0.717) is 46.1 Å². The molecule has 0 amide bonds. The lowest BCUT2D eigenvalue weighted by atomic mass is 10.0. The molecule has 34 heavy (non-hydrogen) atoms. The molecule has 1 heterocycles. The molecule has 0 bridgehead atoms. The van der Waals surface area contributed by atoms with Crippen molar-refractivity contribution >= 4 is 22.9 Å². The zero-order chi connectivity index (χ0) is 25.4. The van der Waals surface area contributed by atoms with Crippen LogP contribution in [0.5, 0.6) is 5.75 Å². The first-order valence-electron chi connectivity index (χ1n) is 10.7. The number of fused-ring (bicyclic) bond motifs is 1. The number of aliphatic hydroxyl groups excluding tert-OH is 1. The van der Waals surface area contributed by atoms with Crippen LogP contribution in [-0.4, -0.2) is 36.5 Å². The summed E-state index contributed by atoms with van der Waals surface area (Å²) in [5, 5.41) is 10.3. The summed E-state index contributed by atoms with van der Waals surface area (Å²) in [5.74, 6) is -0.798. The lowest BCUT2D eigenvalue weighted by Gasteiger charge is -2.12. The normalized spacial score (nSPS) is 11.6. The molecular formula is C26H30O8. The van der Waals surface area contributed by atoms with Gasteiger partial charge in [-0.1, -0.05) is 19.7 Å². The van der Waals surface area contributed by atoms with Gasteiger partial charge in [-0.05, 0) is 62.9 Å². The van der Waals surface area contributed by atoms with E-state index in [1.165, 1.54) is 6.92 Å². The van der Waals surface area contributed by atoms with Crippen LogP contribution in [0.15, 0.2) is 63.9 Å². The molecule has 1 N–H and O–H groups in total. The number of aryl methyl sites for hydroxylation is 1. The van der Waals surface area contributed by atoms with E-state index in [1.54, 1.807) is 32.0 Å². The summed E-state index contributed by atoms with van der Waals surface area (Å²) in [7, 11) is 0. The number of ether oxygens (including phenoxy) is 3. The molecule has 182 valence electrons. The molecular weight excluding hydrogens is 440 g/mol. The van der Waals surface area contributed by atoms with Gasteiger partial charge in [-0.3, -0.25) is 0 Å². The minimum Gasteiger partial charge on any atom is -0.462 e. The topological polar surface area (TPSA) is 112 Å². The highest BCUT2D eigenvalue weighted by Crippen LogP contribution is 2.27. The quantitative estimate of drug-likeness (QED) is 0.0949. The number of esters is 2. The van der Waals surface area contributed by atoms with E-state index in [0.717, 1.165) is 0 Å². The van der Waals surface area contributed by atoms with Crippen molar-refractivity contribution in [2.45, 2.75) is 46.3 Å². The van der Waals surface area contributed by atoms with Gasteiger partial charge in [0.1, 0.15) is 11.3 Å². The van der Waals surface area contributed by atoms with Crippen molar-refractivity contribution in [3.63, 3.8) is 0 Å². The van der Waals surface area contributed by atoms with E-state index in [2.05, 4.69) is 19.7 Å². The van der Waals surface area contributed by atoms with Crippen LogP contribution in [0, 0.1) is 0 Å². The van der Waals surface area contributed by atoms with Crippen LogP contribution < -0.4 is 10.4 Å². The summed E-state index contributed by atoms with van der Waals surface area (Å²) in [5.41, 5.74) is 1.75. The second-order valence-corrected chi connectivity index (χ2v) is 8.07. The van der Waals surface area contributed by atoms with Crippen molar-refractivity contribution in [1.29, 1.82) is 0 Å². The molecule has 0 aliphatic heterocycles. The zero-order valence-corrected chi connectivity index (χ0v) is 19.8. The number of carbonyl (C=O) groups excluding carboxylic acids is 2. The fourth-order valence-electron chi connectivity index (χ4n) is 2.91. The standard InChI is InChI=1S/C26H30O8/c1-15(2)23(27)31-10-7-8-18-13-21(33-25(29)17(5)6)14-20-12-19(26(30)34-22(18)20)9-11-32-24(28)16(3)4/h12-14,24,28H,1,3,5,7-11H2,2,4,6H3. The Morgan fingerprint density at radius 2 is 1.65 bits per heavy atom. The zero-order valence-electron chi connectivity index (χ0n) is 19.8. The van der Waals surface area contributed by atoms with Gasteiger partial charge in [0, 0.05) is 28.5 Å². The lowest BCUT2D eigenvalue weighted by molar-refractivity contribution is -0.139. The maximum absolute atomic E-state index is 12.6. The number of aliphatic hydroxyl groups is 1. The highest BCUT2D eigenvalue weighted by molar-refractivity contribution is 5.90. The van der Waals surface area contributed by atoms with Crippen molar-refractivity contribution < 1.29 is 33.3 Å². The Bertz CT molecular complexity index is 1170. The van der Waals surface area contributed by atoms with Gasteiger partial charge in [0.15, 0.2) is 6.29 Å². The SMILES string of the molecule is C=C(C)C(=O)OCCCc1cc(OC(=O)C(=C)C)cc2cc(CCOC(O)C(=C)C)c(=O)oc12. The molecule has 0 spiro atoms. The second-order valence-electron chi connectivity index (χ2n) is 8.07. The third kappa shape index (κ3) is 7.54. The Morgan fingerprint density at radius 3 is 2.26 bits per heavy atom. The average molecular weight is 471 g/mol. The first kappa shape index (κ1) is 26.8. The van der Waals surface area contributed by atoms with Crippen molar-refractivity contribution in [1.82, 2.24) is 0 Å². The monoisotopic (exact) mass is 470 g/mol. The molecule has 0 aliphatic carbocycles. The molecule has 0 fully saturated rings. The molecule has 8 nitrogen and oxygen atoms in total. The number of rotatable bonds is 12. The third-order valence-corrected chi connectivity index (χ3v) is 4.75.